The Kier molecular flexibility index (Phi) is 2.60. The van der Waals surface area contributed by atoms with Crippen LogP contribution in [0, 0.1) is 6.92 Å². The molecule has 3 N–H and O–H groups in total. The van der Waals surface area contributed by atoms with Crippen LogP contribution < -0.4 is 11.4 Å². The fourth-order valence-electron chi connectivity index (χ4n) is 1.00. The molecule has 1 aromatic rings. The van der Waals surface area contributed by atoms with Crippen molar-refractivity contribution in [3.63, 3.8) is 0 Å². The maximum Gasteiger partial charge on any atom is 0.345 e. The van der Waals surface area contributed by atoms with Crippen LogP contribution >= 0.6 is 0 Å². The van der Waals surface area contributed by atoms with Crippen molar-refractivity contribution in [2.75, 3.05) is 0 Å². The van der Waals surface area contributed by atoms with Gasteiger partial charge >= 0.3 is 5.69 Å². The molecule has 0 spiro atoms. The SMILES string of the molecule is CCC(N)c1cc(C)[nH]c(=O)n1. The van der Waals surface area contributed by atoms with E-state index in [2.05, 4.69) is 9.97 Å². The molecule has 1 atom stereocenters. The second-order valence-corrected chi connectivity index (χ2v) is 2.81. The van der Waals surface area contributed by atoms with Crippen molar-refractivity contribution in [2.45, 2.75) is 26.3 Å². The van der Waals surface area contributed by atoms with Crippen LogP contribution in [0.25, 0.3) is 0 Å². The van der Waals surface area contributed by atoms with Gasteiger partial charge < -0.3 is 10.7 Å². The Balaban J connectivity index is 3.08. The molecule has 0 fully saturated rings. The number of hydrogen-bond acceptors (Lipinski definition) is 3. The normalized spacial score (nSPS) is 12.9. The van der Waals surface area contributed by atoms with Crippen molar-refractivity contribution >= 4 is 0 Å². The van der Waals surface area contributed by atoms with E-state index in [4.69, 9.17) is 5.73 Å². The van der Waals surface area contributed by atoms with Gasteiger partial charge in [-0.3, -0.25) is 0 Å². The molecule has 0 aromatic carbocycles. The monoisotopic (exact) mass is 167 g/mol. The number of nitrogens with one attached hydrogen (secondary N) is 1. The fourth-order valence-corrected chi connectivity index (χ4v) is 1.00. The van der Waals surface area contributed by atoms with Gasteiger partial charge in [0.2, 0.25) is 0 Å². The molecule has 0 saturated carbocycles. The number of aryl methyl sites for hydroxylation is 1. The van der Waals surface area contributed by atoms with Crippen LogP contribution in [0.3, 0.4) is 0 Å². The lowest BCUT2D eigenvalue weighted by Crippen LogP contribution is -2.19. The van der Waals surface area contributed by atoms with E-state index in [0.29, 0.717) is 5.69 Å². The van der Waals surface area contributed by atoms with Gasteiger partial charge in [-0.25, -0.2) is 4.79 Å². The van der Waals surface area contributed by atoms with E-state index < -0.39 is 0 Å². The third kappa shape index (κ3) is 1.92. The first kappa shape index (κ1) is 8.93. The number of aromatic nitrogens is 2. The molecule has 0 amide bonds. The summed E-state index contributed by atoms with van der Waals surface area (Å²) in [5.74, 6) is 0. The topological polar surface area (TPSA) is 71.8 Å². The summed E-state index contributed by atoms with van der Waals surface area (Å²) in [5, 5.41) is 0. The summed E-state index contributed by atoms with van der Waals surface area (Å²) in [5.41, 5.74) is 6.86. The van der Waals surface area contributed by atoms with Crippen LogP contribution in [0.1, 0.15) is 30.8 Å². The number of nitrogens with two attached hydrogens (primary N) is 1. The minimum atomic E-state index is -0.325. The third-order valence-electron chi connectivity index (χ3n) is 1.72. The van der Waals surface area contributed by atoms with Crippen LogP contribution in [0.15, 0.2) is 10.9 Å². The quantitative estimate of drug-likeness (QED) is 0.673. The molecule has 12 heavy (non-hydrogen) atoms. The van der Waals surface area contributed by atoms with E-state index in [9.17, 15) is 4.79 Å². The number of aromatic amines is 1. The molecule has 66 valence electrons. The standard InChI is InChI=1S/C8H13N3O/c1-3-6(9)7-4-5(2)10-8(12)11-7/h4,6H,3,9H2,1-2H3,(H,10,11,12). The Morgan fingerprint density at radius 1 is 1.75 bits per heavy atom. The van der Waals surface area contributed by atoms with Crippen molar-refractivity contribution in [3.8, 4) is 0 Å². The van der Waals surface area contributed by atoms with Crippen molar-refractivity contribution in [3.05, 3.63) is 27.9 Å². The number of H-pyrrole nitrogens is 1. The van der Waals surface area contributed by atoms with Crippen LogP contribution in [-0.4, -0.2) is 9.97 Å². The van der Waals surface area contributed by atoms with Gasteiger partial charge in [0.25, 0.3) is 0 Å². The average molecular weight is 167 g/mol. The van der Waals surface area contributed by atoms with Gasteiger partial charge in [0.05, 0.1) is 5.69 Å². The molecule has 4 nitrogen and oxygen atoms in total. The summed E-state index contributed by atoms with van der Waals surface area (Å²) in [6.07, 6.45) is 0.788. The lowest BCUT2D eigenvalue weighted by molar-refractivity contribution is 0.666. The summed E-state index contributed by atoms with van der Waals surface area (Å²) in [4.78, 5) is 17.2. The zero-order chi connectivity index (χ0) is 9.14. The van der Waals surface area contributed by atoms with Gasteiger partial charge in [0.15, 0.2) is 0 Å². The van der Waals surface area contributed by atoms with E-state index >= 15 is 0 Å². The molecule has 0 bridgehead atoms. The highest BCUT2D eigenvalue weighted by molar-refractivity contribution is 5.09. The molecule has 1 rings (SSSR count). The molecule has 0 aliphatic carbocycles. The molecule has 1 aromatic heterocycles. The second-order valence-electron chi connectivity index (χ2n) is 2.81. The Hall–Kier alpha value is -1.16. The van der Waals surface area contributed by atoms with Crippen LogP contribution in [-0.2, 0) is 0 Å². The van der Waals surface area contributed by atoms with E-state index in [-0.39, 0.29) is 11.7 Å². The Morgan fingerprint density at radius 2 is 2.42 bits per heavy atom. The smallest absolute Gasteiger partial charge is 0.323 e. The lowest BCUT2D eigenvalue weighted by Gasteiger charge is -2.06. The Labute approximate surface area is 70.8 Å². The Morgan fingerprint density at radius 3 is 2.92 bits per heavy atom. The predicted molar refractivity (Wildman–Crippen MR) is 46.8 cm³/mol. The first-order chi connectivity index (χ1) is 5.63. The fraction of sp³-hybridized carbons (Fsp3) is 0.500. The molecular weight excluding hydrogens is 154 g/mol. The molecule has 0 aliphatic rings. The molecule has 0 saturated heterocycles. The van der Waals surface area contributed by atoms with Gasteiger partial charge in [-0.2, -0.15) is 4.98 Å². The van der Waals surface area contributed by atoms with E-state index in [1.165, 1.54) is 0 Å². The summed E-state index contributed by atoms with van der Waals surface area (Å²) in [7, 11) is 0. The zero-order valence-corrected chi connectivity index (χ0v) is 7.29. The summed E-state index contributed by atoms with van der Waals surface area (Å²) in [6, 6.07) is 1.67. The first-order valence-electron chi connectivity index (χ1n) is 3.97. The number of hydrogen-bond donors (Lipinski definition) is 2. The summed E-state index contributed by atoms with van der Waals surface area (Å²) >= 11 is 0. The summed E-state index contributed by atoms with van der Waals surface area (Å²) < 4.78 is 0. The van der Waals surface area contributed by atoms with Crippen molar-refractivity contribution < 1.29 is 0 Å². The minimum absolute atomic E-state index is 0.133. The van der Waals surface area contributed by atoms with Crippen LogP contribution in [0.4, 0.5) is 0 Å². The van der Waals surface area contributed by atoms with Gasteiger partial charge in [-0.05, 0) is 19.4 Å². The highest BCUT2D eigenvalue weighted by atomic mass is 16.1. The van der Waals surface area contributed by atoms with Gasteiger partial charge in [-0.1, -0.05) is 6.92 Å². The molecule has 0 aliphatic heterocycles. The van der Waals surface area contributed by atoms with E-state index in [1.54, 1.807) is 6.07 Å². The molecule has 4 heteroatoms. The van der Waals surface area contributed by atoms with Crippen molar-refractivity contribution in [1.82, 2.24) is 9.97 Å². The highest BCUT2D eigenvalue weighted by Gasteiger charge is 2.05. The first-order valence-corrected chi connectivity index (χ1v) is 3.97. The van der Waals surface area contributed by atoms with Gasteiger partial charge in [0, 0.05) is 11.7 Å². The maximum absolute atomic E-state index is 10.9. The highest BCUT2D eigenvalue weighted by Crippen LogP contribution is 2.08. The number of nitrogens with zero attached hydrogens (tertiary/aromatic N) is 1. The predicted octanol–water partition coefficient (Wildman–Crippen LogP) is 0.488. The third-order valence-corrected chi connectivity index (χ3v) is 1.72. The molecule has 1 heterocycles. The second kappa shape index (κ2) is 3.49. The molecule has 0 radical (unpaired) electrons. The lowest BCUT2D eigenvalue weighted by atomic mass is 10.1. The maximum atomic E-state index is 10.9. The largest absolute Gasteiger partial charge is 0.345 e. The van der Waals surface area contributed by atoms with Crippen LogP contribution in [0.2, 0.25) is 0 Å². The summed E-state index contributed by atoms with van der Waals surface area (Å²) in [6.45, 7) is 3.78. The molecular formula is C8H13N3O. The van der Waals surface area contributed by atoms with Gasteiger partial charge in [-0.15, -0.1) is 0 Å². The van der Waals surface area contributed by atoms with Crippen LogP contribution in [0.5, 0.6) is 0 Å². The Bertz CT molecular complexity index is 318. The zero-order valence-electron chi connectivity index (χ0n) is 7.29. The minimum Gasteiger partial charge on any atom is -0.323 e. The van der Waals surface area contributed by atoms with E-state index in [1.807, 2.05) is 13.8 Å². The van der Waals surface area contributed by atoms with Crippen molar-refractivity contribution in [1.29, 1.82) is 0 Å². The van der Waals surface area contributed by atoms with E-state index in [0.717, 1.165) is 12.1 Å². The number of rotatable bonds is 2. The van der Waals surface area contributed by atoms with Gasteiger partial charge in [0.1, 0.15) is 0 Å². The molecule has 1 unspecified atom stereocenters. The average Bonchev–Trinajstić information content (AvgIpc) is 2.01. The van der Waals surface area contributed by atoms with Crippen molar-refractivity contribution in [2.24, 2.45) is 5.73 Å².